The highest BCUT2D eigenvalue weighted by Crippen LogP contribution is 2.48. The predicted octanol–water partition coefficient (Wildman–Crippen LogP) is 9.17. The van der Waals surface area contributed by atoms with E-state index >= 15 is 0 Å². The molecule has 1 heteroatoms. The van der Waals surface area contributed by atoms with Crippen molar-refractivity contribution >= 4 is 16.9 Å². The van der Waals surface area contributed by atoms with Gasteiger partial charge in [0.15, 0.2) is 0 Å². The van der Waals surface area contributed by atoms with Crippen LogP contribution in [0.3, 0.4) is 0 Å². The summed E-state index contributed by atoms with van der Waals surface area (Å²) in [6, 6.07) is 17.1. The average molecular weight is 424 g/mol. The Morgan fingerprint density at radius 3 is 2.31 bits per heavy atom. The van der Waals surface area contributed by atoms with E-state index in [1.807, 2.05) is 6.08 Å². The van der Waals surface area contributed by atoms with Gasteiger partial charge in [-0.15, -0.1) is 0 Å². The zero-order valence-corrected chi connectivity index (χ0v) is 20.4. The second-order valence-electron chi connectivity index (χ2n) is 9.23. The number of aryl methyl sites for hydroxylation is 1. The first-order valence-corrected chi connectivity index (χ1v) is 11.6. The maximum atomic E-state index is 4.13. The Kier molecular flexibility index (Phi) is 7.09. The molecule has 0 spiro atoms. The smallest absolute Gasteiger partial charge is 0.0464 e. The third-order valence-electron chi connectivity index (χ3n) is 7.50. The molecule has 3 rings (SSSR count). The molecule has 1 aliphatic rings. The number of nitrogens with zero attached hydrogens (tertiary/aromatic N) is 1. The molecule has 0 bridgehead atoms. The van der Waals surface area contributed by atoms with Gasteiger partial charge in [-0.2, -0.15) is 0 Å². The molecule has 0 saturated carbocycles. The number of anilines is 2. The van der Waals surface area contributed by atoms with Gasteiger partial charge >= 0.3 is 0 Å². The van der Waals surface area contributed by atoms with Crippen molar-refractivity contribution in [3.8, 4) is 0 Å². The molecule has 0 N–H and O–H groups in total. The molecule has 0 fully saturated rings. The normalized spacial score (nSPS) is 18.1. The molecule has 1 nitrogen and oxygen atoms in total. The van der Waals surface area contributed by atoms with Crippen LogP contribution in [0.25, 0.3) is 5.57 Å². The van der Waals surface area contributed by atoms with Gasteiger partial charge in [-0.25, -0.2) is 0 Å². The van der Waals surface area contributed by atoms with Gasteiger partial charge in [-0.3, -0.25) is 0 Å². The summed E-state index contributed by atoms with van der Waals surface area (Å²) in [6.45, 7) is 19.5. The lowest BCUT2D eigenvalue weighted by atomic mass is 9.62. The summed E-state index contributed by atoms with van der Waals surface area (Å²) in [4.78, 5) is 2.33. The van der Waals surface area contributed by atoms with Crippen LogP contribution in [0, 0.1) is 17.8 Å². The van der Waals surface area contributed by atoms with Crippen LogP contribution in [0.4, 0.5) is 11.4 Å². The fraction of sp³-hybridized carbons (Fsp3) is 0.290. The summed E-state index contributed by atoms with van der Waals surface area (Å²) in [5, 5.41) is 0. The van der Waals surface area contributed by atoms with E-state index in [0.29, 0.717) is 0 Å². The van der Waals surface area contributed by atoms with Gasteiger partial charge in [-0.1, -0.05) is 89.4 Å². The average Bonchev–Trinajstić information content (AvgIpc) is 3.02. The molecule has 166 valence electrons. The van der Waals surface area contributed by atoms with Crippen molar-refractivity contribution in [1.29, 1.82) is 0 Å². The predicted molar refractivity (Wildman–Crippen MR) is 142 cm³/mol. The molecule has 0 aromatic heterocycles. The second kappa shape index (κ2) is 9.61. The van der Waals surface area contributed by atoms with Crippen LogP contribution < -0.4 is 4.90 Å². The minimum Gasteiger partial charge on any atom is -0.311 e. The van der Waals surface area contributed by atoms with Crippen molar-refractivity contribution in [2.24, 2.45) is 10.8 Å². The molecule has 0 amide bonds. The number of benzene rings is 2. The second-order valence-corrected chi connectivity index (χ2v) is 9.23. The number of hydrogen-bond donors (Lipinski definition) is 0. The molecule has 0 heterocycles. The van der Waals surface area contributed by atoms with Crippen molar-refractivity contribution in [3.05, 3.63) is 115 Å². The molecule has 0 radical (unpaired) electrons. The fourth-order valence-electron chi connectivity index (χ4n) is 4.56. The minimum absolute atomic E-state index is 0.00140. The standard InChI is InChI=1S/C31H37N/c1-8-24(4)29-19-18-28(23-25(29)5)32(26-15-12-11-13-16-26)27-17-14-21-31(7,22-20-27)30(6,9-2)10-3/h8,11-23H,1,4,9-10H2,2-3,5-7H3. The van der Waals surface area contributed by atoms with Crippen molar-refractivity contribution in [3.63, 3.8) is 0 Å². The zero-order valence-electron chi connectivity index (χ0n) is 20.4. The van der Waals surface area contributed by atoms with E-state index in [9.17, 15) is 0 Å². The topological polar surface area (TPSA) is 3.24 Å². The summed E-state index contributed by atoms with van der Waals surface area (Å²) < 4.78 is 0. The van der Waals surface area contributed by atoms with Crippen LogP contribution >= 0.6 is 0 Å². The van der Waals surface area contributed by atoms with Crippen molar-refractivity contribution in [1.82, 2.24) is 0 Å². The first-order chi connectivity index (χ1) is 15.3. The number of rotatable bonds is 8. The Balaban J connectivity index is 2.09. The van der Waals surface area contributed by atoms with Gasteiger partial charge < -0.3 is 4.90 Å². The molecule has 2 aromatic carbocycles. The SMILES string of the molecule is C=CC(=C)c1ccc(N(C2=CC=CC(C)(C(C)(CC)CC)C=C2)c2ccccc2)cc1C. The van der Waals surface area contributed by atoms with E-state index < -0.39 is 0 Å². The first kappa shape index (κ1) is 23.6. The third kappa shape index (κ3) is 4.43. The van der Waals surface area contributed by atoms with E-state index in [2.05, 4.69) is 132 Å². The number of para-hydroxylation sites is 1. The minimum atomic E-state index is -0.00140. The van der Waals surface area contributed by atoms with E-state index in [0.717, 1.165) is 41.1 Å². The van der Waals surface area contributed by atoms with Gasteiger partial charge in [0.2, 0.25) is 0 Å². The van der Waals surface area contributed by atoms with E-state index in [-0.39, 0.29) is 10.8 Å². The quantitative estimate of drug-likeness (QED) is 0.382. The molecule has 2 aromatic rings. The van der Waals surface area contributed by atoms with E-state index in [4.69, 9.17) is 0 Å². The molecule has 0 saturated heterocycles. The van der Waals surface area contributed by atoms with Crippen molar-refractivity contribution in [2.45, 2.75) is 47.5 Å². The van der Waals surface area contributed by atoms with Crippen LogP contribution in [0.5, 0.6) is 0 Å². The third-order valence-corrected chi connectivity index (χ3v) is 7.50. The Bertz CT molecular complexity index is 1060. The number of hydrogen-bond acceptors (Lipinski definition) is 1. The van der Waals surface area contributed by atoms with Crippen molar-refractivity contribution < 1.29 is 0 Å². The maximum Gasteiger partial charge on any atom is 0.0464 e. The summed E-state index contributed by atoms with van der Waals surface area (Å²) in [5.74, 6) is 0. The molecule has 0 aliphatic heterocycles. The van der Waals surface area contributed by atoms with Crippen molar-refractivity contribution in [2.75, 3.05) is 4.90 Å². The zero-order chi connectivity index (χ0) is 23.4. The van der Waals surface area contributed by atoms with Crippen LogP contribution in [-0.2, 0) is 0 Å². The van der Waals surface area contributed by atoms with Gasteiger partial charge in [0.1, 0.15) is 0 Å². The summed E-state index contributed by atoms with van der Waals surface area (Å²) in [7, 11) is 0. The van der Waals surface area contributed by atoms with Gasteiger partial charge in [0.05, 0.1) is 0 Å². The van der Waals surface area contributed by atoms with E-state index in [1.54, 1.807) is 0 Å². The Morgan fingerprint density at radius 1 is 1.03 bits per heavy atom. The molecule has 1 aliphatic carbocycles. The summed E-state index contributed by atoms with van der Waals surface area (Å²) >= 11 is 0. The van der Waals surface area contributed by atoms with Crippen LogP contribution in [-0.4, -0.2) is 0 Å². The lowest BCUT2D eigenvalue weighted by Crippen LogP contribution is -2.33. The highest BCUT2D eigenvalue weighted by atomic mass is 15.1. The Labute approximate surface area is 195 Å². The monoisotopic (exact) mass is 423 g/mol. The highest BCUT2D eigenvalue weighted by Gasteiger charge is 2.38. The lowest BCUT2D eigenvalue weighted by molar-refractivity contribution is 0.155. The molecule has 1 unspecified atom stereocenters. The largest absolute Gasteiger partial charge is 0.311 e. The van der Waals surface area contributed by atoms with E-state index in [1.165, 1.54) is 5.56 Å². The molecular weight excluding hydrogens is 386 g/mol. The fourth-order valence-corrected chi connectivity index (χ4v) is 4.56. The van der Waals surface area contributed by atoms with Crippen LogP contribution in [0.2, 0.25) is 0 Å². The molecular formula is C31H37N. The van der Waals surface area contributed by atoms with Crippen LogP contribution in [0.15, 0.2) is 104 Å². The Hall–Kier alpha value is -3.06. The summed E-state index contributed by atoms with van der Waals surface area (Å²) in [6.07, 6.45) is 15.6. The number of allylic oxidation sites excluding steroid dienone is 7. The lowest BCUT2D eigenvalue weighted by Gasteiger charge is -2.42. The first-order valence-electron chi connectivity index (χ1n) is 11.6. The van der Waals surface area contributed by atoms with Gasteiger partial charge in [0.25, 0.3) is 0 Å². The highest BCUT2D eigenvalue weighted by molar-refractivity contribution is 5.78. The molecule has 32 heavy (non-hydrogen) atoms. The maximum absolute atomic E-state index is 4.13. The Morgan fingerprint density at radius 2 is 1.72 bits per heavy atom. The van der Waals surface area contributed by atoms with Gasteiger partial charge in [0, 0.05) is 22.5 Å². The van der Waals surface area contributed by atoms with Crippen LogP contribution in [0.1, 0.15) is 51.7 Å². The summed E-state index contributed by atoms with van der Waals surface area (Å²) in [5.41, 5.74) is 6.92. The van der Waals surface area contributed by atoms with Gasteiger partial charge in [-0.05, 0) is 78.3 Å². The molecule has 1 atom stereocenters.